The van der Waals surface area contributed by atoms with Gasteiger partial charge in [0, 0.05) is 48.7 Å². The molecule has 2 aromatic carbocycles. The first-order chi connectivity index (χ1) is 14.3. The van der Waals surface area contributed by atoms with Gasteiger partial charge in [-0.15, -0.1) is 10.8 Å². The normalized spacial score (nSPS) is 24.4. The Balaban J connectivity index is 1.53. The van der Waals surface area contributed by atoms with Gasteiger partial charge in [-0.25, -0.2) is 4.39 Å². The number of H-pyrrole nitrogens is 1. The molecule has 0 spiro atoms. The second-order valence-corrected chi connectivity index (χ2v) is 10.0. The lowest BCUT2D eigenvalue weighted by atomic mass is 9.99. The topological polar surface area (TPSA) is 79.8 Å². The molecule has 1 amide bonds. The molecule has 0 bridgehead atoms. The van der Waals surface area contributed by atoms with E-state index in [4.69, 9.17) is 0 Å². The summed E-state index contributed by atoms with van der Waals surface area (Å²) in [5.74, 6) is -0.282. The van der Waals surface area contributed by atoms with Gasteiger partial charge in [-0.1, -0.05) is 6.07 Å². The molecule has 2 aliphatic heterocycles. The van der Waals surface area contributed by atoms with E-state index in [0.717, 1.165) is 27.6 Å². The quantitative estimate of drug-likeness (QED) is 0.536. The number of likely N-dealkylation sites (tertiary alicyclic amines) is 1. The molecule has 6 nitrogen and oxygen atoms in total. The van der Waals surface area contributed by atoms with E-state index in [2.05, 4.69) is 4.98 Å². The number of halogens is 1. The van der Waals surface area contributed by atoms with Crippen LogP contribution < -0.4 is 0 Å². The molecule has 2 aliphatic rings. The number of carbonyl (C=O) groups excluding carboxylic acids is 1. The van der Waals surface area contributed by atoms with Crippen molar-refractivity contribution >= 4 is 27.6 Å². The summed E-state index contributed by atoms with van der Waals surface area (Å²) in [5.41, 5.74) is 3.48. The van der Waals surface area contributed by atoms with Gasteiger partial charge < -0.3 is 9.88 Å². The predicted molar refractivity (Wildman–Crippen MR) is 116 cm³/mol. The SMILES string of the molecule is CC(=O)N1CCC(N2C(C)c3cc(-c4c[nH]c5cc(F)ccc45)ccc3S2(O)O)C1. The molecular weight excluding hydrogens is 405 g/mol. The van der Waals surface area contributed by atoms with E-state index in [-0.39, 0.29) is 23.8 Å². The minimum atomic E-state index is -3.12. The van der Waals surface area contributed by atoms with Gasteiger partial charge in [-0.05, 0) is 54.8 Å². The van der Waals surface area contributed by atoms with Crippen LogP contribution in [0.15, 0.2) is 47.5 Å². The zero-order valence-corrected chi connectivity index (χ0v) is 17.6. The van der Waals surface area contributed by atoms with Crippen molar-refractivity contribution in [3.05, 3.63) is 54.0 Å². The number of aromatic amines is 1. The average Bonchev–Trinajstić information content (AvgIpc) is 3.38. The number of amides is 1. The first-order valence-corrected chi connectivity index (χ1v) is 11.5. The highest BCUT2D eigenvalue weighted by molar-refractivity contribution is 8.22. The van der Waals surface area contributed by atoms with Crippen molar-refractivity contribution in [1.82, 2.24) is 14.2 Å². The first-order valence-electron chi connectivity index (χ1n) is 10.0. The molecule has 2 atom stereocenters. The molecule has 2 unspecified atom stereocenters. The predicted octanol–water partition coefficient (Wildman–Crippen LogP) is 5.00. The number of hydrogen-bond donors (Lipinski definition) is 3. The van der Waals surface area contributed by atoms with Gasteiger partial charge >= 0.3 is 0 Å². The molecule has 158 valence electrons. The molecule has 3 aromatic rings. The number of hydrogen-bond acceptors (Lipinski definition) is 4. The second-order valence-electron chi connectivity index (χ2n) is 8.11. The van der Waals surface area contributed by atoms with Crippen LogP contribution in [-0.2, 0) is 4.79 Å². The lowest BCUT2D eigenvalue weighted by molar-refractivity contribution is -0.127. The average molecular weight is 430 g/mol. The van der Waals surface area contributed by atoms with Crippen LogP contribution >= 0.6 is 10.8 Å². The van der Waals surface area contributed by atoms with Crippen LogP contribution in [-0.4, -0.2) is 48.3 Å². The zero-order valence-electron chi connectivity index (χ0n) is 16.8. The van der Waals surface area contributed by atoms with Gasteiger partial charge in [0.25, 0.3) is 0 Å². The highest BCUT2D eigenvalue weighted by atomic mass is 32.3. The fourth-order valence-electron chi connectivity index (χ4n) is 4.86. The third kappa shape index (κ3) is 2.86. The van der Waals surface area contributed by atoms with E-state index in [0.29, 0.717) is 24.4 Å². The van der Waals surface area contributed by atoms with E-state index < -0.39 is 10.8 Å². The van der Waals surface area contributed by atoms with Crippen LogP contribution in [0.1, 0.15) is 31.9 Å². The first kappa shape index (κ1) is 19.6. The summed E-state index contributed by atoms with van der Waals surface area (Å²) in [4.78, 5) is 17.1. The van der Waals surface area contributed by atoms with Gasteiger partial charge in [0.1, 0.15) is 5.82 Å². The number of nitrogens with one attached hydrogen (secondary N) is 1. The Kier molecular flexibility index (Phi) is 4.44. The summed E-state index contributed by atoms with van der Waals surface area (Å²) in [6, 6.07) is 10.0. The maximum Gasteiger partial charge on any atom is 0.219 e. The van der Waals surface area contributed by atoms with E-state index in [1.54, 1.807) is 28.3 Å². The van der Waals surface area contributed by atoms with E-state index in [1.807, 2.05) is 25.3 Å². The van der Waals surface area contributed by atoms with E-state index >= 15 is 0 Å². The van der Waals surface area contributed by atoms with Crippen molar-refractivity contribution in [3.8, 4) is 11.1 Å². The van der Waals surface area contributed by atoms with Crippen LogP contribution in [0, 0.1) is 5.82 Å². The molecule has 1 aromatic heterocycles. The third-order valence-corrected chi connectivity index (χ3v) is 8.52. The summed E-state index contributed by atoms with van der Waals surface area (Å²) in [7, 11) is -3.12. The lowest BCUT2D eigenvalue weighted by Gasteiger charge is -2.42. The van der Waals surface area contributed by atoms with E-state index in [9.17, 15) is 18.3 Å². The molecule has 0 saturated carbocycles. The number of benzene rings is 2. The fourth-order valence-corrected chi connectivity index (χ4v) is 7.03. The van der Waals surface area contributed by atoms with Gasteiger partial charge in [0.05, 0.1) is 10.9 Å². The number of carbonyl (C=O) groups is 1. The molecule has 30 heavy (non-hydrogen) atoms. The van der Waals surface area contributed by atoms with Crippen molar-refractivity contribution in [2.24, 2.45) is 0 Å². The van der Waals surface area contributed by atoms with Gasteiger partial charge in [0.2, 0.25) is 5.91 Å². The van der Waals surface area contributed by atoms with Crippen molar-refractivity contribution in [2.75, 3.05) is 13.1 Å². The van der Waals surface area contributed by atoms with Crippen molar-refractivity contribution in [3.63, 3.8) is 0 Å². The molecule has 1 fully saturated rings. The van der Waals surface area contributed by atoms with Crippen molar-refractivity contribution in [2.45, 2.75) is 37.2 Å². The number of nitrogens with zero attached hydrogens (tertiary/aromatic N) is 2. The Labute approximate surface area is 175 Å². The second kappa shape index (κ2) is 6.81. The third-order valence-electron chi connectivity index (χ3n) is 6.35. The number of fused-ring (bicyclic) bond motifs is 2. The number of aromatic nitrogens is 1. The van der Waals surface area contributed by atoms with Crippen LogP contribution in [0.4, 0.5) is 4.39 Å². The Hall–Kier alpha value is -2.39. The summed E-state index contributed by atoms with van der Waals surface area (Å²) >= 11 is 0. The van der Waals surface area contributed by atoms with E-state index in [1.165, 1.54) is 12.1 Å². The Morgan fingerprint density at radius 3 is 2.77 bits per heavy atom. The maximum absolute atomic E-state index is 13.5. The summed E-state index contributed by atoms with van der Waals surface area (Å²) in [6.45, 7) is 4.66. The maximum atomic E-state index is 13.5. The Morgan fingerprint density at radius 2 is 2.03 bits per heavy atom. The van der Waals surface area contributed by atoms with Crippen molar-refractivity contribution in [1.29, 1.82) is 0 Å². The summed E-state index contributed by atoms with van der Waals surface area (Å²) < 4.78 is 37.5. The van der Waals surface area contributed by atoms with Gasteiger partial charge in [-0.2, -0.15) is 4.31 Å². The van der Waals surface area contributed by atoms with Gasteiger partial charge in [0.15, 0.2) is 0 Å². The lowest BCUT2D eigenvalue weighted by Crippen LogP contribution is -2.38. The zero-order chi connectivity index (χ0) is 21.2. The highest BCUT2D eigenvalue weighted by Gasteiger charge is 2.46. The van der Waals surface area contributed by atoms with Crippen LogP contribution in [0.3, 0.4) is 0 Å². The molecule has 0 aliphatic carbocycles. The molecule has 0 radical (unpaired) electrons. The summed E-state index contributed by atoms with van der Waals surface area (Å²) in [6.07, 6.45) is 2.57. The smallest absolute Gasteiger partial charge is 0.219 e. The van der Waals surface area contributed by atoms with Crippen LogP contribution in [0.2, 0.25) is 0 Å². The van der Waals surface area contributed by atoms with Crippen LogP contribution in [0.25, 0.3) is 22.0 Å². The van der Waals surface area contributed by atoms with Crippen molar-refractivity contribution < 1.29 is 18.3 Å². The molecular formula is C22H24FN3O3S. The molecule has 1 saturated heterocycles. The monoisotopic (exact) mass is 429 g/mol. The molecule has 3 heterocycles. The summed E-state index contributed by atoms with van der Waals surface area (Å²) in [5, 5.41) is 0.915. The minimum absolute atomic E-state index is 0.0106. The number of rotatable bonds is 2. The molecule has 8 heteroatoms. The molecule has 3 N–H and O–H groups in total. The fraction of sp³-hybridized carbons (Fsp3) is 0.318. The van der Waals surface area contributed by atoms with Gasteiger partial charge in [-0.3, -0.25) is 13.9 Å². The highest BCUT2D eigenvalue weighted by Crippen LogP contribution is 2.65. The Morgan fingerprint density at radius 1 is 1.23 bits per heavy atom. The Bertz CT molecular complexity index is 1160. The molecule has 5 rings (SSSR count). The minimum Gasteiger partial charge on any atom is -0.360 e. The van der Waals surface area contributed by atoms with Crippen LogP contribution in [0.5, 0.6) is 0 Å². The largest absolute Gasteiger partial charge is 0.360 e. The standard InChI is InChI=1S/C22H24FN3O3S/c1-13-19-9-15(20-11-24-21-10-16(23)4-5-18(20)21)3-6-22(19)30(28,29)26(13)17-7-8-25(12-17)14(2)27/h3-6,9-11,13,17,24,28-29H,7-8,12H2,1-2H3.